The number of phenols is 2. The third kappa shape index (κ3) is 13.1. The summed E-state index contributed by atoms with van der Waals surface area (Å²) in [6.45, 7) is 0. The summed E-state index contributed by atoms with van der Waals surface area (Å²) in [6, 6.07) is 24.0. The molecule has 4 aromatic rings. The maximum Gasteiger partial charge on any atom is 0.326 e. The number of aliphatic carboxylic acids is 2. The summed E-state index contributed by atoms with van der Waals surface area (Å²) in [7, 11) is 0. The van der Waals surface area contributed by atoms with Crippen LogP contribution in [-0.2, 0) is 54.5 Å². The van der Waals surface area contributed by atoms with Crippen molar-refractivity contribution in [3.05, 3.63) is 131 Å². The average molecular weight is 739 g/mol. The van der Waals surface area contributed by atoms with Gasteiger partial charge in [-0.1, -0.05) is 84.9 Å². The predicted octanol–water partition coefficient (Wildman–Crippen LogP) is 2.26. The van der Waals surface area contributed by atoms with Crippen LogP contribution in [0.15, 0.2) is 109 Å². The first kappa shape index (κ1) is 40.1. The molecule has 4 atom stereocenters. The standard InChI is InChI=1S/C40H42N4O10/c45-29-15-11-27(12-16-29)21-31(37(49)43-33(39(51)52)23-25-7-3-1-4-8-25)41-35(47)19-20-36(48)42-32(22-28-13-17-30(46)18-14-28)38(50)44-34(40(53)54)24-26-9-5-2-6-10-26/h1-18,31-34,45-46H,19-24H2,(H,41,47)(H,42,48)(H,43,49)(H,44,50)(H,51,52)(H,53,54)/t31-,32-,33-,34-/m0/s1. The van der Waals surface area contributed by atoms with Crippen LogP contribution in [0, 0.1) is 0 Å². The first-order valence-corrected chi connectivity index (χ1v) is 17.1. The highest BCUT2D eigenvalue weighted by Crippen LogP contribution is 2.14. The zero-order valence-electron chi connectivity index (χ0n) is 29.2. The lowest BCUT2D eigenvalue weighted by atomic mass is 10.0. The second-order valence-electron chi connectivity index (χ2n) is 12.7. The fourth-order valence-corrected chi connectivity index (χ4v) is 5.56. The van der Waals surface area contributed by atoms with Gasteiger partial charge in [-0.15, -0.1) is 0 Å². The minimum absolute atomic E-state index is 0.0136. The van der Waals surface area contributed by atoms with E-state index < -0.39 is 72.6 Å². The van der Waals surface area contributed by atoms with Crippen LogP contribution in [0.25, 0.3) is 0 Å². The second-order valence-corrected chi connectivity index (χ2v) is 12.7. The number of amides is 4. The molecular formula is C40H42N4O10. The highest BCUT2D eigenvalue weighted by atomic mass is 16.4. The van der Waals surface area contributed by atoms with Crippen LogP contribution in [0.3, 0.4) is 0 Å². The van der Waals surface area contributed by atoms with Gasteiger partial charge in [0, 0.05) is 38.5 Å². The van der Waals surface area contributed by atoms with Crippen molar-refractivity contribution in [3.8, 4) is 11.5 Å². The number of benzene rings is 4. The van der Waals surface area contributed by atoms with Crippen molar-refractivity contribution < 1.29 is 49.2 Å². The third-order valence-corrected chi connectivity index (χ3v) is 8.43. The van der Waals surface area contributed by atoms with Crippen molar-refractivity contribution >= 4 is 35.6 Å². The van der Waals surface area contributed by atoms with Crippen molar-refractivity contribution in [1.82, 2.24) is 21.3 Å². The monoisotopic (exact) mass is 738 g/mol. The first-order valence-electron chi connectivity index (χ1n) is 17.1. The topological polar surface area (TPSA) is 231 Å². The van der Waals surface area contributed by atoms with Gasteiger partial charge in [-0.05, 0) is 46.5 Å². The molecule has 0 bridgehead atoms. The number of carbonyl (C=O) groups excluding carboxylic acids is 4. The van der Waals surface area contributed by atoms with Gasteiger partial charge in [0.1, 0.15) is 35.7 Å². The van der Waals surface area contributed by atoms with Gasteiger partial charge in [0.05, 0.1) is 0 Å². The Morgan fingerprint density at radius 3 is 1.02 bits per heavy atom. The van der Waals surface area contributed by atoms with Crippen molar-refractivity contribution in [3.63, 3.8) is 0 Å². The number of aromatic hydroxyl groups is 2. The number of nitrogens with one attached hydrogen (secondary N) is 4. The molecule has 0 saturated heterocycles. The molecule has 0 heterocycles. The molecule has 0 fully saturated rings. The number of hydrogen-bond acceptors (Lipinski definition) is 8. The number of carboxylic acid groups (broad SMARTS) is 2. The number of hydrogen-bond donors (Lipinski definition) is 8. The molecule has 0 aliphatic heterocycles. The summed E-state index contributed by atoms with van der Waals surface area (Å²) < 4.78 is 0. The maximum atomic E-state index is 13.4. The van der Waals surface area contributed by atoms with Gasteiger partial charge in [0.15, 0.2) is 0 Å². The summed E-state index contributed by atoms with van der Waals surface area (Å²) in [6.07, 6.45) is -0.997. The van der Waals surface area contributed by atoms with E-state index in [1.807, 2.05) is 0 Å². The van der Waals surface area contributed by atoms with E-state index in [1.165, 1.54) is 24.3 Å². The van der Waals surface area contributed by atoms with E-state index in [9.17, 15) is 49.2 Å². The minimum Gasteiger partial charge on any atom is -0.508 e. The minimum atomic E-state index is -1.31. The van der Waals surface area contributed by atoms with Crippen LogP contribution >= 0.6 is 0 Å². The molecule has 0 spiro atoms. The van der Waals surface area contributed by atoms with Crippen LogP contribution in [0.2, 0.25) is 0 Å². The van der Waals surface area contributed by atoms with E-state index >= 15 is 0 Å². The molecule has 0 saturated carbocycles. The molecule has 0 radical (unpaired) electrons. The van der Waals surface area contributed by atoms with Gasteiger partial charge >= 0.3 is 11.9 Å². The SMILES string of the molecule is O=C(CCC(=O)N[C@@H](Cc1ccc(O)cc1)C(=O)N[C@@H](Cc1ccccc1)C(=O)O)N[C@@H](Cc1ccc(O)cc1)C(=O)N[C@@H](Cc1ccccc1)C(=O)O. The fraction of sp³-hybridized carbons (Fsp3) is 0.250. The number of carbonyl (C=O) groups is 6. The lowest BCUT2D eigenvalue weighted by Gasteiger charge is -2.23. The molecule has 8 N–H and O–H groups in total. The van der Waals surface area contributed by atoms with E-state index in [0.717, 1.165) is 0 Å². The molecule has 282 valence electrons. The molecule has 14 nitrogen and oxygen atoms in total. The molecule has 0 aromatic heterocycles. The summed E-state index contributed by atoms with van der Waals surface area (Å²) in [4.78, 5) is 77.3. The molecule has 54 heavy (non-hydrogen) atoms. The quantitative estimate of drug-likeness (QED) is 0.0699. The Morgan fingerprint density at radius 1 is 0.407 bits per heavy atom. The Bertz CT molecular complexity index is 1750. The van der Waals surface area contributed by atoms with Gasteiger partial charge < -0.3 is 41.7 Å². The van der Waals surface area contributed by atoms with Gasteiger partial charge in [0.25, 0.3) is 0 Å². The third-order valence-electron chi connectivity index (χ3n) is 8.43. The normalized spacial score (nSPS) is 13.0. The Labute approximate surface area is 311 Å². The van der Waals surface area contributed by atoms with Crippen LogP contribution < -0.4 is 21.3 Å². The molecule has 4 rings (SSSR count). The number of carboxylic acids is 2. The van der Waals surface area contributed by atoms with Gasteiger partial charge in [-0.25, -0.2) is 9.59 Å². The van der Waals surface area contributed by atoms with E-state index in [0.29, 0.717) is 22.3 Å². The zero-order valence-corrected chi connectivity index (χ0v) is 29.2. The zero-order chi connectivity index (χ0) is 39.0. The van der Waals surface area contributed by atoms with Crippen molar-refractivity contribution in [2.75, 3.05) is 0 Å². The molecule has 0 unspecified atom stereocenters. The van der Waals surface area contributed by atoms with E-state index in [2.05, 4.69) is 21.3 Å². The summed E-state index contributed by atoms with van der Waals surface area (Å²) >= 11 is 0. The number of rotatable bonds is 19. The van der Waals surface area contributed by atoms with Gasteiger partial charge in [-0.2, -0.15) is 0 Å². The lowest BCUT2D eigenvalue weighted by Crippen LogP contribution is -2.53. The van der Waals surface area contributed by atoms with E-state index in [-0.39, 0.29) is 37.2 Å². The highest BCUT2D eigenvalue weighted by molar-refractivity contribution is 5.93. The second kappa shape index (κ2) is 19.8. The van der Waals surface area contributed by atoms with Crippen LogP contribution in [-0.4, -0.2) is 80.2 Å². The molecular weight excluding hydrogens is 696 g/mol. The Morgan fingerprint density at radius 2 is 0.704 bits per heavy atom. The van der Waals surface area contributed by atoms with Crippen LogP contribution in [0.5, 0.6) is 11.5 Å². The van der Waals surface area contributed by atoms with Crippen LogP contribution in [0.4, 0.5) is 0 Å². The summed E-state index contributed by atoms with van der Waals surface area (Å²) in [5.74, 6) is -5.58. The van der Waals surface area contributed by atoms with Gasteiger partial charge in [0.2, 0.25) is 23.6 Å². The van der Waals surface area contributed by atoms with Gasteiger partial charge in [-0.3, -0.25) is 19.2 Å². The van der Waals surface area contributed by atoms with Crippen molar-refractivity contribution in [1.29, 1.82) is 0 Å². The largest absolute Gasteiger partial charge is 0.508 e. The molecule has 0 aliphatic carbocycles. The maximum absolute atomic E-state index is 13.4. The summed E-state index contributed by atoms with van der Waals surface area (Å²) in [5, 5.41) is 49.2. The molecule has 4 amide bonds. The molecule has 4 aromatic carbocycles. The number of phenolic OH excluding ortho intramolecular Hbond substituents is 2. The van der Waals surface area contributed by atoms with Crippen LogP contribution in [0.1, 0.15) is 35.1 Å². The Kier molecular flexibility index (Phi) is 14.7. The van der Waals surface area contributed by atoms with Crippen molar-refractivity contribution in [2.24, 2.45) is 0 Å². The smallest absolute Gasteiger partial charge is 0.326 e. The van der Waals surface area contributed by atoms with E-state index in [4.69, 9.17) is 0 Å². The molecule has 14 heteroatoms. The predicted molar refractivity (Wildman–Crippen MR) is 196 cm³/mol. The molecule has 0 aliphatic rings. The Hall–Kier alpha value is -6.70. The fourth-order valence-electron chi connectivity index (χ4n) is 5.56. The Balaban J connectivity index is 1.43. The van der Waals surface area contributed by atoms with Crippen molar-refractivity contribution in [2.45, 2.75) is 62.7 Å². The van der Waals surface area contributed by atoms with E-state index in [1.54, 1.807) is 84.9 Å². The first-order chi connectivity index (χ1) is 25.9. The average Bonchev–Trinajstić information content (AvgIpc) is 3.15. The highest BCUT2D eigenvalue weighted by Gasteiger charge is 2.29. The lowest BCUT2D eigenvalue weighted by molar-refractivity contribution is -0.142. The summed E-state index contributed by atoms with van der Waals surface area (Å²) in [5.41, 5.74) is 2.44.